The molecule has 0 aliphatic carbocycles. The van der Waals surface area contributed by atoms with Crippen molar-refractivity contribution in [1.29, 1.82) is 0 Å². The first-order valence-electron chi connectivity index (χ1n) is 6.16. The molecule has 1 aromatic rings. The Bertz CT molecular complexity index is 602. The van der Waals surface area contributed by atoms with Gasteiger partial charge in [-0.15, -0.1) is 0 Å². The fraction of sp³-hybridized carbons (Fsp3) is 0.462. The van der Waals surface area contributed by atoms with Gasteiger partial charge in [-0.05, 0) is 37.5 Å². The van der Waals surface area contributed by atoms with Crippen molar-refractivity contribution in [2.45, 2.75) is 38.1 Å². The molecule has 0 aromatic heterocycles. The number of amides is 1. The number of nitrogens with one attached hydrogen (secondary N) is 1. The van der Waals surface area contributed by atoms with Gasteiger partial charge >= 0.3 is 0 Å². The van der Waals surface area contributed by atoms with E-state index in [9.17, 15) is 17.6 Å². The average molecular weight is 322 g/mol. The zero-order valence-corrected chi connectivity index (χ0v) is 13.1. The van der Waals surface area contributed by atoms with E-state index < -0.39 is 20.8 Å². The van der Waals surface area contributed by atoms with E-state index >= 15 is 0 Å². The Morgan fingerprint density at radius 1 is 1.35 bits per heavy atom. The maximum Gasteiger partial charge on any atom is 0.261 e. The van der Waals surface area contributed by atoms with Gasteiger partial charge in [-0.1, -0.05) is 13.8 Å². The Hall–Kier alpha value is -1.14. The molecule has 1 rings (SSSR count). The first-order valence-corrected chi connectivity index (χ1v) is 8.47. The van der Waals surface area contributed by atoms with Crippen LogP contribution < -0.4 is 5.32 Å². The average Bonchev–Trinajstić information content (AvgIpc) is 2.25. The molecule has 4 nitrogen and oxygen atoms in total. The maximum absolute atomic E-state index is 13.8. The fourth-order valence-corrected chi connectivity index (χ4v) is 2.66. The molecule has 1 unspecified atom stereocenters. The smallest absolute Gasteiger partial charge is 0.261 e. The summed E-state index contributed by atoms with van der Waals surface area (Å²) >= 11 is 0. The lowest BCUT2D eigenvalue weighted by atomic mass is 10.0. The van der Waals surface area contributed by atoms with Gasteiger partial charge in [0, 0.05) is 16.7 Å². The zero-order chi connectivity index (χ0) is 15.5. The second kappa shape index (κ2) is 6.54. The van der Waals surface area contributed by atoms with Crippen LogP contribution in [0, 0.1) is 11.7 Å². The van der Waals surface area contributed by atoms with Crippen LogP contribution in [0.1, 0.15) is 37.6 Å². The third-order valence-electron chi connectivity index (χ3n) is 2.67. The maximum atomic E-state index is 13.8. The van der Waals surface area contributed by atoms with Crippen molar-refractivity contribution >= 4 is 25.6 Å². The topological polar surface area (TPSA) is 63.2 Å². The van der Waals surface area contributed by atoms with E-state index in [1.165, 1.54) is 0 Å². The van der Waals surface area contributed by atoms with Crippen LogP contribution in [0.5, 0.6) is 0 Å². The lowest BCUT2D eigenvalue weighted by Gasteiger charge is -2.16. The van der Waals surface area contributed by atoms with Crippen molar-refractivity contribution in [1.82, 2.24) is 5.32 Å². The van der Waals surface area contributed by atoms with E-state index in [1.807, 2.05) is 20.8 Å². The van der Waals surface area contributed by atoms with Crippen LogP contribution in [0.3, 0.4) is 0 Å². The van der Waals surface area contributed by atoms with Crippen LogP contribution in [-0.4, -0.2) is 20.4 Å². The summed E-state index contributed by atoms with van der Waals surface area (Å²) in [4.78, 5) is 11.5. The summed E-state index contributed by atoms with van der Waals surface area (Å²) in [7, 11) is 1.10. The molecule has 1 N–H and O–H groups in total. The van der Waals surface area contributed by atoms with Crippen LogP contribution in [0.15, 0.2) is 23.1 Å². The fourth-order valence-electron chi connectivity index (χ4n) is 1.90. The van der Waals surface area contributed by atoms with Gasteiger partial charge in [0.2, 0.25) is 0 Å². The summed E-state index contributed by atoms with van der Waals surface area (Å²) in [6.07, 6.45) is 0.765. The largest absolute Gasteiger partial charge is 0.349 e. The van der Waals surface area contributed by atoms with Crippen LogP contribution in [0.2, 0.25) is 0 Å². The molecular weight excluding hydrogens is 305 g/mol. The molecule has 1 atom stereocenters. The van der Waals surface area contributed by atoms with Crippen molar-refractivity contribution in [3.63, 3.8) is 0 Å². The lowest BCUT2D eigenvalue weighted by Crippen LogP contribution is -2.34. The highest BCUT2D eigenvalue weighted by Crippen LogP contribution is 2.18. The predicted octanol–water partition coefficient (Wildman–Crippen LogP) is 2.92. The number of carbonyl (C=O) groups is 1. The standard InChI is InChI=1S/C13H17ClFNO3S/c1-8(2)6-9(3)16-13(17)11-5-4-10(7-12(11)15)20(14,18)19/h4-5,7-9H,6H2,1-3H3,(H,16,17). The van der Waals surface area contributed by atoms with Gasteiger partial charge in [-0.25, -0.2) is 12.8 Å². The molecule has 0 radical (unpaired) electrons. The second-order valence-corrected chi connectivity index (χ2v) is 7.65. The summed E-state index contributed by atoms with van der Waals surface area (Å²) in [5, 5.41) is 2.67. The van der Waals surface area contributed by atoms with Gasteiger partial charge in [0.15, 0.2) is 0 Å². The van der Waals surface area contributed by atoms with Gasteiger partial charge in [-0.2, -0.15) is 0 Å². The number of hydrogen-bond donors (Lipinski definition) is 1. The van der Waals surface area contributed by atoms with Crippen LogP contribution in [-0.2, 0) is 9.05 Å². The first kappa shape index (κ1) is 16.9. The molecule has 1 aromatic carbocycles. The number of rotatable bonds is 5. The molecule has 0 bridgehead atoms. The molecule has 112 valence electrons. The Balaban J connectivity index is 2.90. The minimum atomic E-state index is -4.01. The Kier molecular flexibility index (Phi) is 5.53. The number of benzene rings is 1. The monoisotopic (exact) mass is 321 g/mol. The van der Waals surface area contributed by atoms with E-state index in [2.05, 4.69) is 5.32 Å². The summed E-state index contributed by atoms with van der Waals surface area (Å²) in [5.74, 6) is -1.09. The predicted molar refractivity (Wildman–Crippen MR) is 75.8 cm³/mol. The summed E-state index contributed by atoms with van der Waals surface area (Å²) in [6, 6.07) is 2.86. The van der Waals surface area contributed by atoms with Gasteiger partial charge in [0.1, 0.15) is 5.82 Å². The Morgan fingerprint density at radius 2 is 1.95 bits per heavy atom. The number of hydrogen-bond acceptors (Lipinski definition) is 3. The quantitative estimate of drug-likeness (QED) is 0.848. The number of halogens is 2. The van der Waals surface area contributed by atoms with Crippen LogP contribution in [0.25, 0.3) is 0 Å². The molecule has 0 heterocycles. The zero-order valence-electron chi connectivity index (χ0n) is 11.5. The highest BCUT2D eigenvalue weighted by molar-refractivity contribution is 8.13. The second-order valence-electron chi connectivity index (χ2n) is 5.08. The minimum absolute atomic E-state index is 0.0988. The molecule has 0 fully saturated rings. The van der Waals surface area contributed by atoms with E-state index in [1.54, 1.807) is 0 Å². The molecule has 0 saturated heterocycles. The van der Waals surface area contributed by atoms with Gasteiger partial charge in [-0.3, -0.25) is 4.79 Å². The molecule has 0 spiro atoms. The highest BCUT2D eigenvalue weighted by Gasteiger charge is 2.18. The highest BCUT2D eigenvalue weighted by atomic mass is 35.7. The van der Waals surface area contributed by atoms with E-state index in [4.69, 9.17) is 10.7 Å². The third kappa shape index (κ3) is 4.76. The molecule has 0 aliphatic rings. The minimum Gasteiger partial charge on any atom is -0.349 e. The van der Waals surface area contributed by atoms with E-state index in [-0.39, 0.29) is 16.5 Å². The normalized spacial score (nSPS) is 13.3. The molecule has 0 saturated carbocycles. The SMILES string of the molecule is CC(C)CC(C)NC(=O)c1ccc(S(=O)(=O)Cl)cc1F. The molecule has 20 heavy (non-hydrogen) atoms. The number of carbonyl (C=O) groups excluding carboxylic acids is 1. The van der Waals surface area contributed by atoms with Crippen molar-refractivity contribution in [3.8, 4) is 0 Å². The van der Waals surface area contributed by atoms with Crippen molar-refractivity contribution in [3.05, 3.63) is 29.6 Å². The van der Waals surface area contributed by atoms with Crippen molar-refractivity contribution in [2.24, 2.45) is 5.92 Å². The summed E-state index contributed by atoms with van der Waals surface area (Å²) < 4.78 is 35.9. The third-order valence-corrected chi connectivity index (χ3v) is 4.02. The van der Waals surface area contributed by atoms with Crippen molar-refractivity contribution < 1.29 is 17.6 Å². The van der Waals surface area contributed by atoms with E-state index in [0.717, 1.165) is 24.6 Å². The summed E-state index contributed by atoms with van der Waals surface area (Å²) in [5.41, 5.74) is -0.204. The van der Waals surface area contributed by atoms with Gasteiger partial charge in [0.25, 0.3) is 15.0 Å². The first-order chi connectivity index (χ1) is 9.11. The van der Waals surface area contributed by atoms with Crippen LogP contribution >= 0.6 is 10.7 Å². The molecule has 1 amide bonds. The van der Waals surface area contributed by atoms with Crippen molar-refractivity contribution in [2.75, 3.05) is 0 Å². The molecule has 0 aliphatic heterocycles. The van der Waals surface area contributed by atoms with Crippen LogP contribution in [0.4, 0.5) is 4.39 Å². The lowest BCUT2D eigenvalue weighted by molar-refractivity contribution is 0.0932. The van der Waals surface area contributed by atoms with E-state index in [0.29, 0.717) is 5.92 Å². The molecule has 7 heteroatoms. The van der Waals surface area contributed by atoms with Gasteiger partial charge < -0.3 is 5.32 Å². The Labute approximate surface area is 122 Å². The molecular formula is C13H17ClFNO3S. The van der Waals surface area contributed by atoms with Gasteiger partial charge in [0.05, 0.1) is 10.5 Å². The Morgan fingerprint density at radius 3 is 2.40 bits per heavy atom. The summed E-state index contributed by atoms with van der Waals surface area (Å²) in [6.45, 7) is 5.86.